The normalized spacial score (nSPS) is 18.6. The lowest BCUT2D eigenvalue weighted by Gasteiger charge is -2.26. The highest BCUT2D eigenvalue weighted by molar-refractivity contribution is 8.15. The first-order valence-corrected chi connectivity index (χ1v) is 10.1. The summed E-state index contributed by atoms with van der Waals surface area (Å²) in [4.78, 5) is 35.7. The third-order valence-electron chi connectivity index (χ3n) is 4.50. The number of carbonyl (C=O) groups is 2. The van der Waals surface area contributed by atoms with Gasteiger partial charge in [0.25, 0.3) is 5.91 Å². The molecular formula is C20H16ClFN4O2S. The van der Waals surface area contributed by atoms with Crippen LogP contribution < -0.4 is 5.32 Å². The van der Waals surface area contributed by atoms with E-state index in [4.69, 9.17) is 11.6 Å². The summed E-state index contributed by atoms with van der Waals surface area (Å²) < 4.78 is 14.0. The summed E-state index contributed by atoms with van der Waals surface area (Å²) in [6.07, 6.45) is 0. The number of anilines is 1. The van der Waals surface area contributed by atoms with Crippen LogP contribution in [0.25, 0.3) is 0 Å². The molecule has 2 unspecified atom stereocenters. The summed E-state index contributed by atoms with van der Waals surface area (Å²) in [5, 5.41) is 2.52. The molecular weight excluding hydrogens is 415 g/mol. The van der Waals surface area contributed by atoms with Crippen molar-refractivity contribution in [2.24, 2.45) is 9.98 Å². The average molecular weight is 431 g/mol. The lowest BCUT2D eigenvalue weighted by molar-refractivity contribution is -0.124. The van der Waals surface area contributed by atoms with Crippen molar-refractivity contribution < 1.29 is 14.0 Å². The second kappa shape index (κ2) is 7.61. The van der Waals surface area contributed by atoms with E-state index in [0.717, 1.165) is 23.4 Å². The highest BCUT2D eigenvalue weighted by atomic mass is 35.5. The predicted octanol–water partition coefficient (Wildman–Crippen LogP) is 4.22. The van der Waals surface area contributed by atoms with Crippen LogP contribution >= 0.6 is 23.4 Å². The zero-order valence-corrected chi connectivity index (χ0v) is 17.1. The Balaban J connectivity index is 1.58. The number of carbonyl (C=O) groups excluding carboxylic acids is 2. The van der Waals surface area contributed by atoms with E-state index in [1.54, 1.807) is 13.8 Å². The van der Waals surface area contributed by atoms with Gasteiger partial charge in [0.2, 0.25) is 5.91 Å². The Morgan fingerprint density at radius 3 is 2.83 bits per heavy atom. The molecule has 0 radical (unpaired) electrons. The van der Waals surface area contributed by atoms with Crippen LogP contribution in [0.1, 0.15) is 19.4 Å². The van der Waals surface area contributed by atoms with Crippen molar-refractivity contribution in [3.05, 3.63) is 58.9 Å². The molecule has 2 aromatic carbocycles. The largest absolute Gasteiger partial charge is 0.323 e. The minimum atomic E-state index is -0.640. The molecule has 2 atom stereocenters. The smallest absolute Gasteiger partial charge is 0.258 e. The topological polar surface area (TPSA) is 74.1 Å². The fourth-order valence-corrected chi connectivity index (χ4v) is 4.07. The highest BCUT2D eigenvalue weighted by Gasteiger charge is 2.40. The van der Waals surface area contributed by atoms with Gasteiger partial charge in [0, 0.05) is 10.6 Å². The van der Waals surface area contributed by atoms with Crippen LogP contribution in [0.3, 0.4) is 0 Å². The fourth-order valence-electron chi connectivity index (χ4n) is 2.99. The van der Waals surface area contributed by atoms with Crippen molar-refractivity contribution >= 4 is 57.6 Å². The summed E-state index contributed by atoms with van der Waals surface area (Å²) in [6, 6.07) is 10.9. The van der Waals surface area contributed by atoms with Crippen molar-refractivity contribution in [2.45, 2.75) is 25.1 Å². The number of nitrogens with one attached hydrogen (secondary N) is 1. The van der Waals surface area contributed by atoms with E-state index < -0.39 is 23.0 Å². The van der Waals surface area contributed by atoms with Crippen LogP contribution in [-0.4, -0.2) is 39.0 Å². The molecule has 9 heteroatoms. The molecule has 0 fully saturated rings. The number of amidine groups is 2. The Labute approximate surface area is 175 Å². The van der Waals surface area contributed by atoms with Crippen molar-refractivity contribution in [1.29, 1.82) is 0 Å². The SMILES string of the molecule is CC1N=C2c3ccccc3N=C(SC(C)C(=O)Nc3ccc(Cl)cc3F)N2C1=O. The zero-order chi connectivity index (χ0) is 20.7. The molecule has 0 saturated carbocycles. The zero-order valence-electron chi connectivity index (χ0n) is 15.5. The summed E-state index contributed by atoms with van der Waals surface area (Å²) in [6.45, 7) is 3.38. The van der Waals surface area contributed by atoms with Gasteiger partial charge in [-0.05, 0) is 44.2 Å². The number of hydrogen-bond donors (Lipinski definition) is 1. The number of halogens is 2. The molecule has 2 amide bonds. The Morgan fingerprint density at radius 2 is 2.07 bits per heavy atom. The van der Waals surface area contributed by atoms with E-state index in [-0.39, 0.29) is 16.6 Å². The maximum absolute atomic E-state index is 14.0. The minimum absolute atomic E-state index is 0.0379. The molecule has 4 rings (SSSR count). The Morgan fingerprint density at radius 1 is 1.31 bits per heavy atom. The molecule has 148 valence electrons. The summed E-state index contributed by atoms with van der Waals surface area (Å²) >= 11 is 6.86. The van der Waals surface area contributed by atoms with Crippen molar-refractivity contribution in [1.82, 2.24) is 4.90 Å². The van der Waals surface area contributed by atoms with Gasteiger partial charge >= 0.3 is 0 Å². The summed E-state index contributed by atoms with van der Waals surface area (Å²) in [7, 11) is 0. The van der Waals surface area contributed by atoms with Crippen LogP contribution in [-0.2, 0) is 9.59 Å². The van der Waals surface area contributed by atoms with Crippen LogP contribution in [0.15, 0.2) is 52.4 Å². The second-order valence-electron chi connectivity index (χ2n) is 6.59. The first kappa shape index (κ1) is 19.6. The number of benzene rings is 2. The van der Waals surface area contributed by atoms with Crippen molar-refractivity contribution in [3.63, 3.8) is 0 Å². The first-order chi connectivity index (χ1) is 13.8. The molecule has 29 heavy (non-hydrogen) atoms. The molecule has 2 heterocycles. The molecule has 2 aromatic rings. The number of fused-ring (bicyclic) bond motifs is 3. The molecule has 2 aliphatic heterocycles. The number of aliphatic imine (C=N–C) groups is 2. The summed E-state index contributed by atoms with van der Waals surface area (Å²) in [5.41, 5.74) is 1.49. The van der Waals surface area contributed by atoms with Gasteiger partial charge in [-0.3, -0.25) is 14.6 Å². The highest BCUT2D eigenvalue weighted by Crippen LogP contribution is 2.34. The molecule has 0 saturated heterocycles. The van der Waals surface area contributed by atoms with Crippen molar-refractivity contribution in [2.75, 3.05) is 5.32 Å². The molecule has 0 spiro atoms. The quantitative estimate of drug-likeness (QED) is 0.792. The number of rotatable bonds is 3. The standard InChI is InChI=1S/C20H16ClFN4O2S/c1-10-19(28)26-17(23-10)13-5-3-4-6-15(13)25-20(26)29-11(2)18(27)24-16-8-7-12(21)9-14(16)22/h3-11H,1-2H3,(H,24,27). The number of amides is 2. The van der Waals surface area contributed by atoms with Crippen LogP contribution in [0, 0.1) is 5.82 Å². The van der Waals surface area contributed by atoms with E-state index in [0.29, 0.717) is 16.7 Å². The van der Waals surface area contributed by atoms with Gasteiger partial charge in [-0.1, -0.05) is 35.5 Å². The fraction of sp³-hybridized carbons (Fsp3) is 0.200. The van der Waals surface area contributed by atoms with Crippen LogP contribution in [0.2, 0.25) is 5.02 Å². The third kappa shape index (κ3) is 3.65. The molecule has 1 N–H and O–H groups in total. The Bertz CT molecular complexity index is 1090. The van der Waals surface area contributed by atoms with Crippen molar-refractivity contribution in [3.8, 4) is 0 Å². The molecule has 0 aromatic heterocycles. The average Bonchev–Trinajstić information content (AvgIpc) is 2.99. The number of thioether (sulfide) groups is 1. The van der Waals surface area contributed by atoms with Gasteiger partial charge in [0.15, 0.2) is 5.17 Å². The van der Waals surface area contributed by atoms with Gasteiger partial charge in [0.1, 0.15) is 17.7 Å². The Kier molecular flexibility index (Phi) is 5.14. The number of hydrogen-bond acceptors (Lipinski definition) is 5. The van der Waals surface area contributed by atoms with Crippen LogP contribution in [0.4, 0.5) is 15.8 Å². The molecule has 0 bridgehead atoms. The molecule has 0 aliphatic carbocycles. The Hall–Kier alpha value is -2.71. The van der Waals surface area contributed by atoms with E-state index in [1.807, 2.05) is 24.3 Å². The van der Waals surface area contributed by atoms with Crippen LogP contribution in [0.5, 0.6) is 0 Å². The van der Waals surface area contributed by atoms with E-state index in [2.05, 4.69) is 15.3 Å². The first-order valence-electron chi connectivity index (χ1n) is 8.87. The van der Waals surface area contributed by atoms with E-state index in [9.17, 15) is 14.0 Å². The lowest BCUT2D eigenvalue weighted by Crippen LogP contribution is -2.42. The van der Waals surface area contributed by atoms with E-state index >= 15 is 0 Å². The minimum Gasteiger partial charge on any atom is -0.323 e. The predicted molar refractivity (Wildman–Crippen MR) is 113 cm³/mol. The molecule has 2 aliphatic rings. The van der Waals surface area contributed by atoms with Gasteiger partial charge in [0.05, 0.1) is 16.6 Å². The van der Waals surface area contributed by atoms with E-state index in [1.165, 1.54) is 17.0 Å². The van der Waals surface area contributed by atoms with Gasteiger partial charge in [-0.2, -0.15) is 0 Å². The van der Waals surface area contributed by atoms with Gasteiger partial charge in [-0.25, -0.2) is 14.3 Å². The summed E-state index contributed by atoms with van der Waals surface area (Å²) in [5.74, 6) is -0.704. The van der Waals surface area contributed by atoms with Gasteiger partial charge < -0.3 is 5.32 Å². The van der Waals surface area contributed by atoms with Gasteiger partial charge in [-0.15, -0.1) is 0 Å². The second-order valence-corrected chi connectivity index (χ2v) is 8.33. The molecule has 6 nitrogen and oxygen atoms in total. The number of para-hydroxylation sites is 1. The maximum atomic E-state index is 14.0. The number of nitrogens with zero attached hydrogens (tertiary/aromatic N) is 3. The third-order valence-corrected chi connectivity index (χ3v) is 5.79. The monoisotopic (exact) mass is 430 g/mol. The maximum Gasteiger partial charge on any atom is 0.258 e. The lowest BCUT2D eigenvalue weighted by atomic mass is 10.1.